The summed E-state index contributed by atoms with van der Waals surface area (Å²) in [6, 6.07) is 0. The van der Waals surface area contributed by atoms with Crippen LogP contribution in [-0.4, -0.2) is 16.5 Å². The lowest BCUT2D eigenvalue weighted by Crippen LogP contribution is -2.04. The molecule has 0 bridgehead atoms. The molecule has 4 nitrogen and oxygen atoms in total. The SMILES string of the molecule is C#CCCNc1cncc(N)n1. The van der Waals surface area contributed by atoms with Crippen LogP contribution in [0, 0.1) is 12.3 Å². The van der Waals surface area contributed by atoms with Gasteiger partial charge in [-0.15, -0.1) is 12.3 Å². The highest BCUT2D eigenvalue weighted by molar-refractivity contribution is 5.38. The molecule has 0 aliphatic rings. The van der Waals surface area contributed by atoms with E-state index < -0.39 is 0 Å². The number of nitrogens with one attached hydrogen (secondary N) is 1. The quantitative estimate of drug-likeness (QED) is 0.501. The second-order valence-electron chi connectivity index (χ2n) is 2.21. The number of nitrogens with two attached hydrogens (primary N) is 1. The third-order valence-corrected chi connectivity index (χ3v) is 1.23. The summed E-state index contributed by atoms with van der Waals surface area (Å²) in [5.74, 6) is 3.57. The van der Waals surface area contributed by atoms with Gasteiger partial charge in [0.2, 0.25) is 0 Å². The lowest BCUT2D eigenvalue weighted by atomic mass is 10.4. The summed E-state index contributed by atoms with van der Waals surface area (Å²) in [6.45, 7) is 0.689. The Hall–Kier alpha value is -1.76. The Morgan fingerprint density at radius 2 is 2.42 bits per heavy atom. The number of anilines is 2. The van der Waals surface area contributed by atoms with E-state index in [1.807, 2.05) is 0 Å². The van der Waals surface area contributed by atoms with Crippen molar-refractivity contribution in [1.82, 2.24) is 9.97 Å². The number of rotatable bonds is 3. The van der Waals surface area contributed by atoms with Gasteiger partial charge >= 0.3 is 0 Å². The Bertz CT molecular complexity index is 289. The molecule has 1 rings (SSSR count). The third-order valence-electron chi connectivity index (χ3n) is 1.23. The molecule has 0 unspecified atom stereocenters. The van der Waals surface area contributed by atoms with Crippen LogP contribution in [-0.2, 0) is 0 Å². The number of terminal acetylenes is 1. The summed E-state index contributed by atoms with van der Waals surface area (Å²) in [7, 11) is 0. The van der Waals surface area contributed by atoms with Gasteiger partial charge in [0.15, 0.2) is 0 Å². The first kappa shape index (κ1) is 8.34. The number of hydrogen-bond donors (Lipinski definition) is 2. The van der Waals surface area contributed by atoms with Gasteiger partial charge < -0.3 is 11.1 Å². The average Bonchev–Trinajstić information content (AvgIpc) is 2.05. The Morgan fingerprint density at radius 1 is 1.58 bits per heavy atom. The van der Waals surface area contributed by atoms with Gasteiger partial charge in [-0.25, -0.2) is 4.98 Å². The minimum atomic E-state index is 0.403. The van der Waals surface area contributed by atoms with Gasteiger partial charge in [0, 0.05) is 13.0 Å². The molecule has 0 atom stereocenters. The molecule has 0 aliphatic carbocycles. The molecule has 0 aromatic carbocycles. The lowest BCUT2D eigenvalue weighted by Gasteiger charge is -2.01. The summed E-state index contributed by atoms with van der Waals surface area (Å²) in [5, 5.41) is 2.99. The molecule has 0 saturated heterocycles. The fourth-order valence-electron chi connectivity index (χ4n) is 0.729. The minimum Gasteiger partial charge on any atom is -0.382 e. The van der Waals surface area contributed by atoms with Crippen LogP contribution in [0.3, 0.4) is 0 Å². The second-order valence-corrected chi connectivity index (χ2v) is 2.21. The predicted molar refractivity (Wildman–Crippen MR) is 48.4 cm³/mol. The average molecular weight is 162 g/mol. The predicted octanol–water partition coefficient (Wildman–Crippen LogP) is 0.494. The van der Waals surface area contributed by atoms with Crippen molar-refractivity contribution in [3.8, 4) is 12.3 Å². The molecule has 1 heterocycles. The van der Waals surface area contributed by atoms with E-state index in [1.165, 1.54) is 6.20 Å². The Labute approximate surface area is 71.2 Å². The summed E-state index contributed by atoms with van der Waals surface area (Å²) < 4.78 is 0. The van der Waals surface area contributed by atoms with Gasteiger partial charge in [0.25, 0.3) is 0 Å². The molecule has 0 amide bonds. The van der Waals surface area contributed by atoms with Crippen LogP contribution in [0.1, 0.15) is 6.42 Å². The number of aromatic nitrogens is 2. The summed E-state index contributed by atoms with van der Waals surface area (Å²) in [4.78, 5) is 7.84. The summed E-state index contributed by atoms with van der Waals surface area (Å²) in [5.41, 5.74) is 5.41. The minimum absolute atomic E-state index is 0.403. The smallest absolute Gasteiger partial charge is 0.146 e. The molecule has 4 heteroatoms. The first-order chi connectivity index (χ1) is 5.83. The molecule has 0 fully saturated rings. The topological polar surface area (TPSA) is 63.8 Å². The maximum Gasteiger partial charge on any atom is 0.146 e. The van der Waals surface area contributed by atoms with Crippen molar-refractivity contribution in [1.29, 1.82) is 0 Å². The number of nitrogens with zero attached hydrogens (tertiary/aromatic N) is 2. The Balaban J connectivity index is 2.48. The highest BCUT2D eigenvalue weighted by Gasteiger charge is 1.92. The van der Waals surface area contributed by atoms with Crippen molar-refractivity contribution in [3.63, 3.8) is 0 Å². The van der Waals surface area contributed by atoms with Crippen LogP contribution in [0.25, 0.3) is 0 Å². The van der Waals surface area contributed by atoms with E-state index in [0.29, 0.717) is 24.6 Å². The van der Waals surface area contributed by atoms with E-state index in [4.69, 9.17) is 12.2 Å². The van der Waals surface area contributed by atoms with E-state index >= 15 is 0 Å². The molecule has 3 N–H and O–H groups in total. The maximum absolute atomic E-state index is 5.41. The van der Waals surface area contributed by atoms with Crippen molar-refractivity contribution in [2.45, 2.75) is 6.42 Å². The van der Waals surface area contributed by atoms with Crippen molar-refractivity contribution in [2.24, 2.45) is 0 Å². The molecule has 1 aromatic rings. The summed E-state index contributed by atoms with van der Waals surface area (Å²) in [6.07, 6.45) is 8.83. The first-order valence-electron chi connectivity index (χ1n) is 3.58. The maximum atomic E-state index is 5.41. The largest absolute Gasteiger partial charge is 0.382 e. The Kier molecular flexibility index (Phi) is 2.91. The van der Waals surface area contributed by atoms with Crippen LogP contribution in [0.2, 0.25) is 0 Å². The van der Waals surface area contributed by atoms with Gasteiger partial charge in [-0.1, -0.05) is 0 Å². The molecule has 0 radical (unpaired) electrons. The fraction of sp³-hybridized carbons (Fsp3) is 0.250. The highest BCUT2D eigenvalue weighted by atomic mass is 15.0. The second kappa shape index (κ2) is 4.19. The van der Waals surface area contributed by atoms with Crippen LogP contribution >= 0.6 is 0 Å². The lowest BCUT2D eigenvalue weighted by molar-refractivity contribution is 1.06. The van der Waals surface area contributed by atoms with Crippen LogP contribution in [0.15, 0.2) is 12.4 Å². The molecular formula is C8H10N4. The van der Waals surface area contributed by atoms with Gasteiger partial charge in [-0.3, -0.25) is 4.98 Å². The molecule has 1 aromatic heterocycles. The summed E-state index contributed by atoms with van der Waals surface area (Å²) >= 11 is 0. The standard InChI is InChI=1S/C8H10N4/c1-2-3-4-11-8-6-10-5-7(9)12-8/h1,5-6H,3-4H2,(H3,9,11,12). The van der Waals surface area contributed by atoms with E-state index in [1.54, 1.807) is 6.20 Å². The monoisotopic (exact) mass is 162 g/mol. The first-order valence-corrected chi connectivity index (χ1v) is 3.58. The number of hydrogen-bond acceptors (Lipinski definition) is 4. The van der Waals surface area contributed by atoms with Crippen molar-refractivity contribution in [3.05, 3.63) is 12.4 Å². The zero-order chi connectivity index (χ0) is 8.81. The fourth-order valence-corrected chi connectivity index (χ4v) is 0.729. The van der Waals surface area contributed by atoms with Crippen molar-refractivity contribution in [2.75, 3.05) is 17.6 Å². The van der Waals surface area contributed by atoms with Crippen LogP contribution in [0.4, 0.5) is 11.6 Å². The van der Waals surface area contributed by atoms with Crippen molar-refractivity contribution < 1.29 is 0 Å². The van der Waals surface area contributed by atoms with Gasteiger partial charge in [0.05, 0.1) is 12.4 Å². The van der Waals surface area contributed by atoms with Gasteiger partial charge in [-0.2, -0.15) is 0 Å². The third kappa shape index (κ3) is 2.46. The molecule has 12 heavy (non-hydrogen) atoms. The van der Waals surface area contributed by atoms with Gasteiger partial charge in [-0.05, 0) is 0 Å². The van der Waals surface area contributed by atoms with E-state index in [2.05, 4.69) is 21.2 Å². The molecular weight excluding hydrogens is 152 g/mol. The zero-order valence-electron chi connectivity index (χ0n) is 6.62. The van der Waals surface area contributed by atoms with E-state index in [-0.39, 0.29) is 0 Å². The van der Waals surface area contributed by atoms with E-state index in [0.717, 1.165) is 0 Å². The molecule has 0 spiro atoms. The Morgan fingerprint density at radius 3 is 3.08 bits per heavy atom. The van der Waals surface area contributed by atoms with Gasteiger partial charge in [0.1, 0.15) is 11.6 Å². The normalized spacial score (nSPS) is 8.92. The zero-order valence-corrected chi connectivity index (χ0v) is 6.62. The highest BCUT2D eigenvalue weighted by Crippen LogP contribution is 2.01. The van der Waals surface area contributed by atoms with Crippen molar-refractivity contribution >= 4 is 11.6 Å². The molecule has 0 aliphatic heterocycles. The van der Waals surface area contributed by atoms with Crippen LogP contribution < -0.4 is 11.1 Å². The number of nitrogen functional groups attached to an aromatic ring is 1. The van der Waals surface area contributed by atoms with Crippen LogP contribution in [0.5, 0.6) is 0 Å². The molecule has 62 valence electrons. The van der Waals surface area contributed by atoms with E-state index in [9.17, 15) is 0 Å². The molecule has 0 saturated carbocycles.